The number of carbonyl (C=O) groups is 3. The molecule has 28 heavy (non-hydrogen) atoms. The number of rotatable bonds is 6. The summed E-state index contributed by atoms with van der Waals surface area (Å²) in [5.41, 5.74) is 2.14. The molecule has 1 heterocycles. The molecular weight excluding hydrogens is 376 g/mol. The minimum atomic E-state index is -0.661. The van der Waals surface area contributed by atoms with E-state index in [2.05, 4.69) is 17.6 Å². The van der Waals surface area contributed by atoms with Crippen LogP contribution in [0.2, 0.25) is 0 Å². The fraction of sp³-hybridized carbons (Fsp3) is 0.381. The Balaban J connectivity index is 1.42. The van der Waals surface area contributed by atoms with Crippen LogP contribution in [0.3, 0.4) is 0 Å². The van der Waals surface area contributed by atoms with Gasteiger partial charge in [-0.1, -0.05) is 43.7 Å². The predicted molar refractivity (Wildman–Crippen MR) is 107 cm³/mol. The van der Waals surface area contributed by atoms with Crippen LogP contribution in [0, 0.1) is 5.92 Å². The second kappa shape index (κ2) is 9.50. The van der Waals surface area contributed by atoms with Crippen molar-refractivity contribution in [2.75, 3.05) is 6.61 Å². The maximum atomic E-state index is 12.2. The summed E-state index contributed by atoms with van der Waals surface area (Å²) in [6.07, 6.45) is 4.28. The third-order valence-electron chi connectivity index (χ3n) is 4.85. The topological polar surface area (TPSA) is 84.5 Å². The van der Waals surface area contributed by atoms with E-state index in [1.165, 1.54) is 21.8 Å². The first kappa shape index (κ1) is 20.1. The Hall–Kier alpha value is -2.67. The van der Waals surface area contributed by atoms with E-state index in [0.29, 0.717) is 17.3 Å². The van der Waals surface area contributed by atoms with E-state index in [1.54, 1.807) is 0 Å². The Morgan fingerprint density at radius 3 is 2.75 bits per heavy atom. The number of benzene rings is 1. The second-order valence-electron chi connectivity index (χ2n) is 6.87. The van der Waals surface area contributed by atoms with Gasteiger partial charge in [-0.25, -0.2) is 9.59 Å². The van der Waals surface area contributed by atoms with Crippen molar-refractivity contribution >= 4 is 29.2 Å². The van der Waals surface area contributed by atoms with E-state index in [0.717, 1.165) is 31.2 Å². The fourth-order valence-corrected chi connectivity index (χ4v) is 4.34. The van der Waals surface area contributed by atoms with Gasteiger partial charge in [0.1, 0.15) is 4.88 Å². The number of urea groups is 1. The lowest BCUT2D eigenvalue weighted by Gasteiger charge is -2.19. The van der Waals surface area contributed by atoms with Crippen molar-refractivity contribution < 1.29 is 19.1 Å². The molecule has 0 unspecified atom stereocenters. The van der Waals surface area contributed by atoms with Gasteiger partial charge < -0.3 is 10.1 Å². The number of ether oxygens (including phenoxy) is 1. The van der Waals surface area contributed by atoms with E-state index >= 15 is 0 Å². The molecule has 1 atom stereocenters. The number of imide groups is 1. The van der Waals surface area contributed by atoms with Gasteiger partial charge in [0.25, 0.3) is 5.91 Å². The quantitative estimate of drug-likeness (QED) is 0.728. The van der Waals surface area contributed by atoms with Crippen molar-refractivity contribution in [3.05, 3.63) is 57.3 Å². The van der Waals surface area contributed by atoms with E-state index in [9.17, 15) is 14.4 Å². The van der Waals surface area contributed by atoms with Gasteiger partial charge in [-0.2, -0.15) is 0 Å². The molecule has 0 fully saturated rings. The number of hydrogen-bond acceptors (Lipinski definition) is 5. The lowest BCUT2D eigenvalue weighted by Crippen LogP contribution is -2.41. The first-order valence-electron chi connectivity index (χ1n) is 9.45. The number of thiophene rings is 1. The molecule has 0 radical (unpaired) electrons. The zero-order valence-corrected chi connectivity index (χ0v) is 16.6. The molecule has 6 nitrogen and oxygen atoms in total. The van der Waals surface area contributed by atoms with Gasteiger partial charge >= 0.3 is 12.0 Å². The lowest BCUT2D eigenvalue weighted by atomic mass is 9.87. The highest BCUT2D eigenvalue weighted by Gasteiger charge is 2.23. The molecule has 1 aromatic carbocycles. The Morgan fingerprint density at radius 2 is 2.00 bits per heavy atom. The van der Waals surface area contributed by atoms with Crippen LogP contribution in [0.5, 0.6) is 0 Å². The van der Waals surface area contributed by atoms with E-state index in [-0.39, 0.29) is 0 Å². The summed E-state index contributed by atoms with van der Waals surface area (Å²) in [5, 5.41) is 4.74. The first-order valence-corrected chi connectivity index (χ1v) is 10.3. The summed E-state index contributed by atoms with van der Waals surface area (Å²) in [4.78, 5) is 37.6. The molecule has 148 valence electrons. The van der Waals surface area contributed by atoms with Crippen molar-refractivity contribution in [2.45, 2.75) is 39.2 Å². The highest BCUT2D eigenvalue weighted by molar-refractivity contribution is 7.14. The van der Waals surface area contributed by atoms with Crippen LogP contribution in [0.4, 0.5) is 4.79 Å². The van der Waals surface area contributed by atoms with Crippen molar-refractivity contribution in [1.82, 2.24) is 10.6 Å². The third kappa shape index (κ3) is 5.42. The van der Waals surface area contributed by atoms with Crippen LogP contribution in [-0.4, -0.2) is 24.5 Å². The number of hydrogen-bond donors (Lipinski definition) is 2. The molecule has 1 aliphatic rings. The highest BCUT2D eigenvalue weighted by Crippen LogP contribution is 2.33. The summed E-state index contributed by atoms with van der Waals surface area (Å²) in [5.74, 6) is -0.510. The summed E-state index contributed by atoms with van der Waals surface area (Å²) < 4.78 is 5.06. The normalized spacial score (nSPS) is 15.4. The van der Waals surface area contributed by atoms with Crippen molar-refractivity contribution in [3.63, 3.8) is 0 Å². The van der Waals surface area contributed by atoms with Crippen LogP contribution in [0.15, 0.2) is 36.4 Å². The van der Waals surface area contributed by atoms with Gasteiger partial charge in [0.15, 0.2) is 6.61 Å². The monoisotopic (exact) mass is 400 g/mol. The molecule has 1 aromatic heterocycles. The van der Waals surface area contributed by atoms with Crippen LogP contribution in [0.25, 0.3) is 0 Å². The first-order chi connectivity index (χ1) is 13.5. The Labute approximate surface area is 168 Å². The van der Waals surface area contributed by atoms with Gasteiger partial charge in [0.2, 0.25) is 0 Å². The van der Waals surface area contributed by atoms with Gasteiger partial charge in [0, 0.05) is 11.4 Å². The van der Waals surface area contributed by atoms with Gasteiger partial charge in [0.05, 0.1) is 0 Å². The molecule has 0 bridgehead atoms. The number of esters is 1. The molecule has 2 N–H and O–H groups in total. The fourth-order valence-electron chi connectivity index (χ4n) is 3.24. The average molecular weight is 401 g/mol. The molecule has 2 aromatic rings. The van der Waals surface area contributed by atoms with Crippen LogP contribution in [0.1, 0.15) is 45.4 Å². The zero-order valence-electron chi connectivity index (χ0n) is 15.8. The smallest absolute Gasteiger partial charge is 0.348 e. The van der Waals surface area contributed by atoms with Gasteiger partial charge in [-0.15, -0.1) is 11.3 Å². The van der Waals surface area contributed by atoms with E-state index in [1.807, 2.05) is 36.4 Å². The number of aryl methyl sites for hydroxylation is 1. The molecule has 3 rings (SSSR count). The van der Waals surface area contributed by atoms with Crippen molar-refractivity contribution in [1.29, 1.82) is 0 Å². The van der Waals surface area contributed by atoms with Crippen LogP contribution < -0.4 is 10.6 Å². The number of nitrogens with one attached hydrogen (secondary N) is 2. The molecular formula is C21H24N2O4S. The molecule has 7 heteroatoms. The third-order valence-corrected chi connectivity index (χ3v) is 6.06. The lowest BCUT2D eigenvalue weighted by molar-refractivity contribution is -0.123. The molecule has 1 aliphatic carbocycles. The standard InChI is InChI=1S/C21H24N2O4S/c1-2-14-8-9-17-16(10-14)11-18(28-17)20(25)27-13-19(24)23-21(26)22-12-15-6-4-3-5-7-15/h3-7,11,14H,2,8-10,12-13H2,1H3,(H2,22,23,24,26)/t14-/m1/s1. The van der Waals surface area contributed by atoms with Gasteiger partial charge in [-0.05, 0) is 42.4 Å². The molecule has 0 saturated heterocycles. The summed E-state index contributed by atoms with van der Waals surface area (Å²) in [6.45, 7) is 2.00. The van der Waals surface area contributed by atoms with E-state index in [4.69, 9.17) is 4.74 Å². The summed E-state index contributed by atoms with van der Waals surface area (Å²) in [6, 6.07) is 10.6. The molecule has 0 spiro atoms. The van der Waals surface area contributed by atoms with Crippen molar-refractivity contribution in [3.8, 4) is 0 Å². The summed E-state index contributed by atoms with van der Waals surface area (Å²) >= 11 is 1.44. The van der Waals surface area contributed by atoms with Crippen LogP contribution in [-0.2, 0) is 28.9 Å². The Bertz CT molecular complexity index is 847. The largest absolute Gasteiger partial charge is 0.451 e. The maximum absolute atomic E-state index is 12.2. The Kier molecular flexibility index (Phi) is 6.81. The van der Waals surface area contributed by atoms with Crippen LogP contribution >= 0.6 is 11.3 Å². The number of carbonyl (C=O) groups excluding carboxylic acids is 3. The number of amides is 3. The number of fused-ring (bicyclic) bond motifs is 1. The van der Waals surface area contributed by atoms with Crippen molar-refractivity contribution in [2.24, 2.45) is 5.92 Å². The molecule has 0 saturated carbocycles. The SMILES string of the molecule is CC[C@@H]1CCc2sc(C(=O)OCC(=O)NC(=O)NCc3ccccc3)cc2C1. The average Bonchev–Trinajstić information content (AvgIpc) is 3.14. The zero-order chi connectivity index (χ0) is 19.9. The highest BCUT2D eigenvalue weighted by atomic mass is 32.1. The minimum absolute atomic E-state index is 0.305. The minimum Gasteiger partial charge on any atom is -0.451 e. The van der Waals surface area contributed by atoms with E-state index < -0.39 is 24.5 Å². The predicted octanol–water partition coefficient (Wildman–Crippen LogP) is 3.45. The molecule has 3 amide bonds. The second-order valence-corrected chi connectivity index (χ2v) is 8.01. The molecule has 0 aliphatic heterocycles. The van der Waals surface area contributed by atoms with Gasteiger partial charge in [-0.3, -0.25) is 10.1 Å². The maximum Gasteiger partial charge on any atom is 0.348 e. The Morgan fingerprint density at radius 1 is 1.21 bits per heavy atom. The summed E-state index contributed by atoms with van der Waals surface area (Å²) in [7, 11) is 0.